The molecule has 2 aromatic heterocycles. The molecule has 0 aliphatic rings. The average molecular weight is 901 g/mol. The van der Waals surface area contributed by atoms with Gasteiger partial charge in [0.1, 0.15) is 0 Å². The molecule has 0 bridgehead atoms. The molecule has 0 saturated heterocycles. The van der Waals surface area contributed by atoms with Gasteiger partial charge in [0.25, 0.3) is 0 Å². The minimum atomic E-state index is 0.0890. The molecule has 0 aliphatic carbocycles. The summed E-state index contributed by atoms with van der Waals surface area (Å²) in [5.41, 5.74) is 13.9. The molecule has 14 aromatic rings. The Balaban J connectivity index is 0.981. The summed E-state index contributed by atoms with van der Waals surface area (Å²) in [5, 5.41) is 15.5. The van der Waals surface area contributed by atoms with Crippen LogP contribution in [-0.2, 0) is 0 Å². The van der Waals surface area contributed by atoms with Gasteiger partial charge >= 0.3 is 354 Å². The number of hydrogen-bond donors (Lipinski definition) is 0. The summed E-state index contributed by atoms with van der Waals surface area (Å²) in [6.07, 6.45) is 0. The number of aromatic nitrogens is 1. The monoisotopic (exact) mass is 901 g/mol. The number of fused-ring (bicyclic) bond motifs is 10. The SMILES string of the molecule is c1ccc(-c2c3ccccc3c(-c3ccc4c(c3)[se]c3c(-c5c6ccccc6c(-c6ccc7c(c6)c6ccccc6n7-c6ccccc6)c6ccccc56)cccc34)c3ccccc23)cc1. The van der Waals surface area contributed by atoms with Gasteiger partial charge in [0, 0.05) is 0 Å². The van der Waals surface area contributed by atoms with Crippen LogP contribution in [0.3, 0.4) is 0 Å². The Morgan fingerprint density at radius 1 is 0.258 bits per heavy atom. The third kappa shape index (κ3) is 5.53. The number of nitrogens with zero attached hydrogens (tertiary/aromatic N) is 1. The number of benzene rings is 12. The van der Waals surface area contributed by atoms with Crippen LogP contribution in [0, 0.1) is 0 Å². The van der Waals surface area contributed by atoms with E-state index in [1.807, 2.05) is 0 Å². The molecule has 0 aliphatic heterocycles. The average Bonchev–Trinajstić information content (AvgIpc) is 3.93. The van der Waals surface area contributed by atoms with E-state index >= 15 is 0 Å². The van der Waals surface area contributed by atoms with Crippen molar-refractivity contribution in [1.82, 2.24) is 4.57 Å². The molecule has 0 unspecified atom stereocenters. The Morgan fingerprint density at radius 3 is 1.29 bits per heavy atom. The predicted octanol–water partition coefficient (Wildman–Crippen LogP) is 17.4. The molecule has 14 rings (SSSR count). The summed E-state index contributed by atoms with van der Waals surface area (Å²) in [6, 6.07) is 88.1. The van der Waals surface area contributed by atoms with Gasteiger partial charge in [0.15, 0.2) is 0 Å². The van der Waals surface area contributed by atoms with E-state index in [9.17, 15) is 0 Å². The van der Waals surface area contributed by atoms with Gasteiger partial charge in [-0.25, -0.2) is 0 Å². The zero-order chi connectivity index (χ0) is 43.3. The molecular weight excluding hydrogens is 862 g/mol. The van der Waals surface area contributed by atoms with Gasteiger partial charge < -0.3 is 0 Å². The predicted molar refractivity (Wildman–Crippen MR) is 285 cm³/mol. The number of hydrogen-bond acceptors (Lipinski definition) is 0. The molecule has 0 amide bonds. The van der Waals surface area contributed by atoms with Gasteiger partial charge in [0.2, 0.25) is 0 Å². The molecule has 0 atom stereocenters. The van der Waals surface area contributed by atoms with Crippen LogP contribution in [0.5, 0.6) is 0 Å². The molecule has 0 spiro atoms. The molecule has 0 fully saturated rings. The summed E-state index contributed by atoms with van der Waals surface area (Å²) in [4.78, 5) is 0. The van der Waals surface area contributed by atoms with Crippen LogP contribution < -0.4 is 0 Å². The van der Waals surface area contributed by atoms with Crippen LogP contribution in [0.25, 0.3) is 134 Å². The first-order chi connectivity index (χ1) is 32.8. The standard InChI is InChI=1S/C64H39NSe/c1-3-18-40(19-4-1)60-46-23-7-9-25-48(46)62(49-26-10-8-24-47(49)60)42-34-36-45-54-31-17-32-55(64(54)66-59(45)39-42)63-52-29-13-11-27-50(52)61(51-28-12-14-30-53(51)63)41-35-37-58-56(38-41)44-22-15-16-33-57(44)65(58)43-20-5-2-6-21-43/h1-39H. The summed E-state index contributed by atoms with van der Waals surface area (Å²) in [7, 11) is 0. The quantitative estimate of drug-likeness (QED) is 0.120. The van der Waals surface area contributed by atoms with E-state index in [2.05, 4.69) is 241 Å². The van der Waals surface area contributed by atoms with Gasteiger partial charge in [-0.1, -0.05) is 24.3 Å². The van der Waals surface area contributed by atoms with Crippen molar-refractivity contribution in [3.05, 3.63) is 237 Å². The molecule has 2 heterocycles. The maximum absolute atomic E-state index is 2.51. The summed E-state index contributed by atoms with van der Waals surface area (Å²) >= 11 is 0.0890. The van der Waals surface area contributed by atoms with Gasteiger partial charge in [-0.3, -0.25) is 0 Å². The summed E-state index contributed by atoms with van der Waals surface area (Å²) in [6.45, 7) is 0. The van der Waals surface area contributed by atoms with E-state index in [-0.39, 0.29) is 14.5 Å². The Labute approximate surface area is 387 Å². The normalized spacial score (nSPS) is 11.9. The van der Waals surface area contributed by atoms with Crippen molar-refractivity contribution in [2.75, 3.05) is 0 Å². The molecule has 306 valence electrons. The molecular formula is C64H39NSe. The van der Waals surface area contributed by atoms with E-state index < -0.39 is 0 Å². The zero-order valence-corrected chi connectivity index (χ0v) is 37.6. The van der Waals surface area contributed by atoms with Crippen molar-refractivity contribution in [2.45, 2.75) is 0 Å². The van der Waals surface area contributed by atoms with Crippen LogP contribution in [0.4, 0.5) is 0 Å². The van der Waals surface area contributed by atoms with Crippen LogP contribution in [-0.4, -0.2) is 19.1 Å². The van der Waals surface area contributed by atoms with Crippen LogP contribution in [0.1, 0.15) is 0 Å². The third-order valence-corrected chi connectivity index (χ3v) is 16.5. The van der Waals surface area contributed by atoms with Gasteiger partial charge in [-0.15, -0.1) is 0 Å². The van der Waals surface area contributed by atoms with Crippen LogP contribution >= 0.6 is 0 Å². The van der Waals surface area contributed by atoms with Crippen molar-refractivity contribution in [3.63, 3.8) is 0 Å². The number of para-hydroxylation sites is 2. The first kappa shape index (κ1) is 37.4. The van der Waals surface area contributed by atoms with E-state index in [0.717, 1.165) is 0 Å². The Kier molecular flexibility index (Phi) is 8.37. The van der Waals surface area contributed by atoms with E-state index in [4.69, 9.17) is 0 Å². The fourth-order valence-corrected chi connectivity index (χ4v) is 13.9. The van der Waals surface area contributed by atoms with E-state index in [1.165, 1.54) is 134 Å². The maximum atomic E-state index is 2.51. The van der Waals surface area contributed by atoms with Crippen molar-refractivity contribution in [2.24, 2.45) is 0 Å². The topological polar surface area (TPSA) is 4.93 Å². The van der Waals surface area contributed by atoms with Gasteiger partial charge in [0.05, 0.1) is 0 Å². The second-order valence-electron chi connectivity index (χ2n) is 17.5. The second kappa shape index (κ2) is 14.8. The third-order valence-electron chi connectivity index (χ3n) is 14.0. The van der Waals surface area contributed by atoms with Crippen molar-refractivity contribution in [3.8, 4) is 50.2 Å². The van der Waals surface area contributed by atoms with E-state index in [1.54, 1.807) is 0 Å². The molecule has 12 aromatic carbocycles. The first-order valence-corrected chi connectivity index (χ1v) is 24.5. The Bertz CT molecular complexity index is 4160. The molecule has 2 heteroatoms. The van der Waals surface area contributed by atoms with Crippen molar-refractivity contribution in [1.29, 1.82) is 0 Å². The minimum absolute atomic E-state index is 0.0890. The first-order valence-electron chi connectivity index (χ1n) is 22.8. The molecule has 1 nitrogen and oxygen atoms in total. The molecule has 0 N–H and O–H groups in total. The fourth-order valence-electron chi connectivity index (χ4n) is 11.2. The molecule has 0 radical (unpaired) electrons. The van der Waals surface area contributed by atoms with Crippen molar-refractivity contribution >= 4 is 98.7 Å². The number of rotatable bonds is 5. The Hall–Kier alpha value is -8.00. The van der Waals surface area contributed by atoms with Crippen molar-refractivity contribution < 1.29 is 0 Å². The summed E-state index contributed by atoms with van der Waals surface area (Å²) < 4.78 is 5.30. The van der Waals surface area contributed by atoms with Crippen LogP contribution in [0.15, 0.2) is 237 Å². The Morgan fingerprint density at radius 2 is 0.697 bits per heavy atom. The van der Waals surface area contributed by atoms with E-state index in [0.29, 0.717) is 0 Å². The molecule has 0 saturated carbocycles. The zero-order valence-electron chi connectivity index (χ0n) is 35.9. The second-order valence-corrected chi connectivity index (χ2v) is 19.7. The van der Waals surface area contributed by atoms with Crippen LogP contribution in [0.2, 0.25) is 0 Å². The van der Waals surface area contributed by atoms with Gasteiger partial charge in [-0.2, -0.15) is 0 Å². The molecule has 66 heavy (non-hydrogen) atoms. The fraction of sp³-hybridized carbons (Fsp3) is 0. The summed E-state index contributed by atoms with van der Waals surface area (Å²) in [5.74, 6) is 0. The van der Waals surface area contributed by atoms with Gasteiger partial charge in [-0.05, 0) is 12.1 Å².